The normalized spacial score (nSPS) is 10.4. The van der Waals surface area contributed by atoms with Crippen LogP contribution < -0.4 is 4.90 Å². The van der Waals surface area contributed by atoms with E-state index in [4.69, 9.17) is 0 Å². The van der Waals surface area contributed by atoms with Crippen LogP contribution in [0, 0.1) is 6.92 Å². The third kappa shape index (κ3) is 2.09. The number of halogens is 1. The molecular formula is C13H12BrNO. The average Bonchev–Trinajstić information content (AvgIpc) is 2.27. The average molecular weight is 278 g/mol. The molecule has 2 nitrogen and oxygen atoms in total. The summed E-state index contributed by atoms with van der Waals surface area (Å²) in [5.74, 6) is 0. The fourth-order valence-electron chi connectivity index (χ4n) is 1.66. The van der Waals surface area contributed by atoms with Gasteiger partial charge >= 0.3 is 0 Å². The predicted octanol–water partition coefficient (Wildman–Crippen LogP) is 4.10. The molecule has 0 aliphatic carbocycles. The van der Waals surface area contributed by atoms with Crippen molar-refractivity contribution < 1.29 is 4.79 Å². The lowest BCUT2D eigenvalue weighted by atomic mass is 10.1. The maximum atomic E-state index is 11.2. The van der Waals surface area contributed by atoms with E-state index in [0.717, 1.165) is 11.1 Å². The smallest absolute Gasteiger partial charge is 0.293 e. The van der Waals surface area contributed by atoms with Crippen LogP contribution in [0.2, 0.25) is 0 Å². The molecule has 0 saturated carbocycles. The molecule has 0 spiro atoms. The van der Waals surface area contributed by atoms with Crippen LogP contribution in [0.15, 0.2) is 36.4 Å². The van der Waals surface area contributed by atoms with E-state index in [9.17, 15) is 4.79 Å². The Morgan fingerprint density at radius 1 is 1.12 bits per heavy atom. The minimum Gasteiger partial charge on any atom is -0.306 e. The molecule has 16 heavy (non-hydrogen) atoms. The lowest BCUT2D eigenvalue weighted by Crippen LogP contribution is -2.18. The number of fused-ring (bicyclic) bond motifs is 1. The van der Waals surface area contributed by atoms with Crippen LogP contribution in [0.1, 0.15) is 5.56 Å². The van der Waals surface area contributed by atoms with Gasteiger partial charge in [-0.25, -0.2) is 0 Å². The first-order valence-electron chi connectivity index (χ1n) is 5.01. The zero-order valence-electron chi connectivity index (χ0n) is 9.20. The van der Waals surface area contributed by atoms with Crippen molar-refractivity contribution in [2.75, 3.05) is 11.9 Å². The van der Waals surface area contributed by atoms with Crippen molar-refractivity contribution >= 4 is 37.2 Å². The SMILES string of the molecule is Cc1ccc2cc(N(C)C(=O)Br)ccc2c1. The summed E-state index contributed by atoms with van der Waals surface area (Å²) < 4.78 is 0. The van der Waals surface area contributed by atoms with E-state index >= 15 is 0 Å². The highest BCUT2D eigenvalue weighted by atomic mass is 79.9. The molecule has 0 unspecified atom stereocenters. The Morgan fingerprint density at radius 3 is 2.44 bits per heavy atom. The van der Waals surface area contributed by atoms with E-state index in [-0.39, 0.29) is 4.82 Å². The van der Waals surface area contributed by atoms with E-state index in [2.05, 4.69) is 41.1 Å². The highest BCUT2D eigenvalue weighted by Crippen LogP contribution is 2.23. The molecular weight excluding hydrogens is 266 g/mol. The van der Waals surface area contributed by atoms with Crippen LogP contribution in [0.25, 0.3) is 10.8 Å². The van der Waals surface area contributed by atoms with E-state index < -0.39 is 0 Å². The quantitative estimate of drug-likeness (QED) is 0.568. The summed E-state index contributed by atoms with van der Waals surface area (Å²) in [6, 6.07) is 12.3. The first-order valence-corrected chi connectivity index (χ1v) is 5.81. The largest absolute Gasteiger partial charge is 0.306 e. The maximum absolute atomic E-state index is 11.2. The Morgan fingerprint density at radius 2 is 1.75 bits per heavy atom. The second kappa shape index (κ2) is 4.26. The van der Waals surface area contributed by atoms with Crippen LogP contribution in [0.3, 0.4) is 0 Å². The molecule has 0 aromatic heterocycles. The van der Waals surface area contributed by atoms with E-state index in [0.29, 0.717) is 0 Å². The minimum atomic E-state index is -0.140. The van der Waals surface area contributed by atoms with Gasteiger partial charge < -0.3 is 4.90 Å². The van der Waals surface area contributed by atoms with Gasteiger partial charge in [-0.3, -0.25) is 4.79 Å². The number of rotatable bonds is 1. The Hall–Kier alpha value is -1.35. The maximum Gasteiger partial charge on any atom is 0.293 e. The van der Waals surface area contributed by atoms with Crippen LogP contribution >= 0.6 is 15.9 Å². The van der Waals surface area contributed by atoms with Gasteiger partial charge in [0.25, 0.3) is 4.82 Å². The summed E-state index contributed by atoms with van der Waals surface area (Å²) in [6.07, 6.45) is 0. The fraction of sp³-hybridized carbons (Fsp3) is 0.154. The third-order valence-electron chi connectivity index (χ3n) is 2.63. The van der Waals surface area contributed by atoms with Crippen LogP contribution in [-0.2, 0) is 0 Å². The van der Waals surface area contributed by atoms with Crippen molar-refractivity contribution in [3.05, 3.63) is 42.0 Å². The second-order valence-corrected chi connectivity index (χ2v) is 4.53. The van der Waals surface area contributed by atoms with Crippen molar-refractivity contribution in [1.29, 1.82) is 0 Å². The predicted molar refractivity (Wildman–Crippen MR) is 71.4 cm³/mol. The molecule has 0 bridgehead atoms. The molecule has 0 fully saturated rings. The van der Waals surface area contributed by atoms with Crippen molar-refractivity contribution in [2.45, 2.75) is 6.92 Å². The lowest BCUT2D eigenvalue weighted by molar-refractivity contribution is 0.267. The molecule has 1 amide bonds. The van der Waals surface area contributed by atoms with Crippen LogP contribution in [0.5, 0.6) is 0 Å². The molecule has 2 aromatic rings. The Bertz CT molecular complexity index is 551. The second-order valence-electron chi connectivity index (χ2n) is 3.85. The lowest BCUT2D eigenvalue weighted by Gasteiger charge is -2.14. The highest BCUT2D eigenvalue weighted by molar-refractivity contribution is 9.18. The van der Waals surface area contributed by atoms with Gasteiger partial charge in [-0.1, -0.05) is 29.8 Å². The number of aryl methyl sites for hydroxylation is 1. The minimum absolute atomic E-state index is 0.140. The number of benzene rings is 2. The summed E-state index contributed by atoms with van der Waals surface area (Å²) in [5.41, 5.74) is 2.13. The highest BCUT2D eigenvalue weighted by Gasteiger charge is 2.07. The molecule has 0 aliphatic rings. The number of hydrogen-bond donors (Lipinski definition) is 0. The Kier molecular flexibility index (Phi) is 2.97. The molecule has 0 radical (unpaired) electrons. The van der Waals surface area contributed by atoms with Crippen molar-refractivity contribution in [1.82, 2.24) is 0 Å². The first-order chi connectivity index (χ1) is 7.58. The summed E-state index contributed by atoms with van der Waals surface area (Å²) in [6.45, 7) is 2.07. The number of carbonyl (C=O) groups is 1. The third-order valence-corrected chi connectivity index (χ3v) is 3.16. The molecule has 2 aromatic carbocycles. The molecule has 0 heterocycles. The zero-order valence-corrected chi connectivity index (χ0v) is 10.8. The summed E-state index contributed by atoms with van der Waals surface area (Å²) in [4.78, 5) is 12.6. The van der Waals surface area contributed by atoms with Crippen molar-refractivity contribution in [3.8, 4) is 0 Å². The fourth-order valence-corrected chi connectivity index (χ4v) is 1.87. The van der Waals surface area contributed by atoms with Gasteiger partial charge in [0.1, 0.15) is 0 Å². The zero-order chi connectivity index (χ0) is 11.7. The standard InChI is InChI=1S/C13H12BrNO/c1-9-3-4-11-8-12(15(2)13(14)16)6-5-10(11)7-9/h3-8H,1-2H3. The number of carbonyl (C=O) groups excluding carboxylic acids is 1. The van der Waals surface area contributed by atoms with Gasteiger partial charge in [-0.2, -0.15) is 0 Å². The van der Waals surface area contributed by atoms with E-state index in [1.807, 2.05) is 18.2 Å². The molecule has 2 rings (SSSR count). The van der Waals surface area contributed by atoms with E-state index in [1.165, 1.54) is 10.9 Å². The van der Waals surface area contributed by atoms with Gasteiger partial charge in [0, 0.05) is 28.7 Å². The van der Waals surface area contributed by atoms with Gasteiger partial charge in [-0.05, 0) is 29.8 Å². The van der Waals surface area contributed by atoms with Gasteiger partial charge in [0.15, 0.2) is 0 Å². The molecule has 0 atom stereocenters. The number of anilines is 1. The summed E-state index contributed by atoms with van der Waals surface area (Å²) in [5, 5.41) is 2.34. The van der Waals surface area contributed by atoms with Gasteiger partial charge in [0.05, 0.1) is 0 Å². The summed E-state index contributed by atoms with van der Waals surface area (Å²) in [7, 11) is 1.74. The Labute approximate surface area is 103 Å². The number of amides is 1. The Balaban J connectivity index is 2.52. The topological polar surface area (TPSA) is 20.3 Å². The molecule has 3 heteroatoms. The molecule has 0 N–H and O–H groups in total. The van der Waals surface area contributed by atoms with E-state index in [1.54, 1.807) is 11.9 Å². The van der Waals surface area contributed by atoms with Gasteiger partial charge in [0.2, 0.25) is 0 Å². The van der Waals surface area contributed by atoms with Crippen molar-refractivity contribution in [2.24, 2.45) is 0 Å². The number of hydrogen-bond acceptors (Lipinski definition) is 1. The molecule has 0 aliphatic heterocycles. The van der Waals surface area contributed by atoms with Crippen LogP contribution in [0.4, 0.5) is 10.5 Å². The van der Waals surface area contributed by atoms with Gasteiger partial charge in [-0.15, -0.1) is 0 Å². The monoisotopic (exact) mass is 277 g/mol. The first kappa shape index (κ1) is 11.1. The summed E-state index contributed by atoms with van der Waals surface area (Å²) >= 11 is 2.94. The van der Waals surface area contributed by atoms with Crippen LogP contribution in [-0.4, -0.2) is 11.9 Å². The van der Waals surface area contributed by atoms with Crippen molar-refractivity contribution in [3.63, 3.8) is 0 Å². The molecule has 82 valence electrons. The molecule has 0 saturated heterocycles. The number of nitrogens with zero attached hydrogens (tertiary/aromatic N) is 1.